The average Bonchev–Trinajstić information content (AvgIpc) is 2.47. The zero-order chi connectivity index (χ0) is 13.9. The first kappa shape index (κ1) is 14.8. The van der Waals surface area contributed by atoms with Crippen molar-refractivity contribution in [1.82, 2.24) is 0 Å². The molecule has 0 heterocycles. The van der Waals surface area contributed by atoms with E-state index in [2.05, 4.69) is 15.9 Å². The molecular weight excluding hydrogens is 306 g/mol. The Morgan fingerprint density at radius 1 is 1.37 bits per heavy atom. The van der Waals surface area contributed by atoms with E-state index in [0.717, 1.165) is 41.5 Å². The number of benzene rings is 1. The molecule has 1 saturated carbocycles. The van der Waals surface area contributed by atoms with Crippen molar-refractivity contribution in [3.8, 4) is 5.75 Å². The minimum Gasteiger partial charge on any atom is -0.496 e. The molecule has 19 heavy (non-hydrogen) atoms. The molecule has 1 aromatic carbocycles. The minimum atomic E-state index is -0.500. The largest absolute Gasteiger partial charge is 0.496 e. The molecule has 0 saturated heterocycles. The lowest BCUT2D eigenvalue weighted by Gasteiger charge is -2.40. The highest BCUT2D eigenvalue weighted by molar-refractivity contribution is 9.10. The summed E-state index contributed by atoms with van der Waals surface area (Å²) in [6.07, 6.45) is 5.08. The number of methoxy groups -OCH3 is 1. The predicted octanol–water partition coefficient (Wildman–Crippen LogP) is 3.40. The first-order valence-corrected chi connectivity index (χ1v) is 7.64. The number of hydrogen-bond donors (Lipinski definition) is 2. The monoisotopic (exact) mass is 327 g/mol. The second-order valence-corrected chi connectivity index (χ2v) is 6.28. The molecule has 1 aromatic rings. The quantitative estimate of drug-likeness (QED) is 0.891. The standard InChI is InChI=1S/C15H22BrNO2/c1-19-13-6-5-11(9-12(13)16)14(18)15(10-17)7-3-2-4-8-15/h5-6,9,14,18H,2-4,7-8,10,17H2,1H3. The zero-order valence-electron chi connectivity index (χ0n) is 11.4. The zero-order valence-corrected chi connectivity index (χ0v) is 12.9. The molecule has 2 rings (SSSR count). The number of aliphatic hydroxyl groups is 1. The topological polar surface area (TPSA) is 55.5 Å². The summed E-state index contributed by atoms with van der Waals surface area (Å²) in [5.41, 5.74) is 6.73. The van der Waals surface area contributed by atoms with Gasteiger partial charge in [0.05, 0.1) is 17.7 Å². The van der Waals surface area contributed by atoms with E-state index in [-0.39, 0.29) is 5.41 Å². The van der Waals surface area contributed by atoms with E-state index < -0.39 is 6.10 Å². The molecule has 1 aliphatic carbocycles. The molecule has 1 aliphatic rings. The smallest absolute Gasteiger partial charge is 0.133 e. The molecule has 0 spiro atoms. The molecule has 1 unspecified atom stereocenters. The molecule has 0 amide bonds. The van der Waals surface area contributed by atoms with Crippen LogP contribution in [0.15, 0.2) is 22.7 Å². The van der Waals surface area contributed by atoms with E-state index in [9.17, 15) is 5.11 Å². The van der Waals surface area contributed by atoms with Gasteiger partial charge in [-0.1, -0.05) is 25.3 Å². The van der Waals surface area contributed by atoms with Crippen LogP contribution in [0.5, 0.6) is 5.75 Å². The van der Waals surface area contributed by atoms with Gasteiger partial charge in [-0.3, -0.25) is 0 Å². The van der Waals surface area contributed by atoms with E-state index in [1.54, 1.807) is 7.11 Å². The van der Waals surface area contributed by atoms with Crippen LogP contribution in [0.4, 0.5) is 0 Å². The Kier molecular flexibility index (Phi) is 4.87. The molecule has 4 heteroatoms. The molecule has 0 radical (unpaired) electrons. The number of ether oxygens (including phenoxy) is 1. The van der Waals surface area contributed by atoms with Gasteiger partial charge in [0.1, 0.15) is 5.75 Å². The van der Waals surface area contributed by atoms with E-state index in [1.807, 2.05) is 18.2 Å². The summed E-state index contributed by atoms with van der Waals surface area (Å²) in [6.45, 7) is 0.539. The summed E-state index contributed by atoms with van der Waals surface area (Å²) in [7, 11) is 1.64. The average molecular weight is 328 g/mol. The van der Waals surface area contributed by atoms with E-state index in [1.165, 1.54) is 6.42 Å². The van der Waals surface area contributed by atoms with E-state index >= 15 is 0 Å². The van der Waals surface area contributed by atoms with Gasteiger partial charge in [-0.2, -0.15) is 0 Å². The van der Waals surface area contributed by atoms with Gasteiger partial charge >= 0.3 is 0 Å². The fraction of sp³-hybridized carbons (Fsp3) is 0.600. The van der Waals surface area contributed by atoms with Crippen LogP contribution in [0, 0.1) is 5.41 Å². The maximum Gasteiger partial charge on any atom is 0.133 e. The van der Waals surface area contributed by atoms with Crippen LogP contribution < -0.4 is 10.5 Å². The summed E-state index contributed by atoms with van der Waals surface area (Å²) < 4.78 is 6.09. The van der Waals surface area contributed by atoms with Crippen LogP contribution >= 0.6 is 15.9 Å². The van der Waals surface area contributed by atoms with Gasteiger partial charge in [0, 0.05) is 12.0 Å². The fourth-order valence-electron chi connectivity index (χ4n) is 3.05. The number of aliphatic hydroxyl groups excluding tert-OH is 1. The molecule has 3 N–H and O–H groups in total. The third-order valence-electron chi connectivity index (χ3n) is 4.33. The summed E-state index contributed by atoms with van der Waals surface area (Å²) >= 11 is 3.47. The Hall–Kier alpha value is -0.580. The Labute approximate surface area is 123 Å². The predicted molar refractivity (Wildman–Crippen MR) is 80.2 cm³/mol. The third-order valence-corrected chi connectivity index (χ3v) is 4.95. The molecule has 3 nitrogen and oxygen atoms in total. The molecule has 1 fully saturated rings. The van der Waals surface area contributed by atoms with Gasteiger partial charge in [0.2, 0.25) is 0 Å². The fourth-order valence-corrected chi connectivity index (χ4v) is 3.61. The van der Waals surface area contributed by atoms with E-state index in [0.29, 0.717) is 6.54 Å². The lowest BCUT2D eigenvalue weighted by molar-refractivity contribution is 0.000636. The van der Waals surface area contributed by atoms with Gasteiger partial charge in [-0.05, 0) is 46.5 Å². The van der Waals surface area contributed by atoms with Crippen molar-refractivity contribution in [3.63, 3.8) is 0 Å². The van der Waals surface area contributed by atoms with E-state index in [4.69, 9.17) is 10.5 Å². The Bertz CT molecular complexity index is 430. The first-order valence-electron chi connectivity index (χ1n) is 6.84. The SMILES string of the molecule is COc1ccc(C(O)C2(CN)CCCCC2)cc1Br. The van der Waals surface area contributed by atoms with Crippen molar-refractivity contribution in [1.29, 1.82) is 0 Å². The maximum absolute atomic E-state index is 10.7. The number of halogens is 1. The molecule has 0 aromatic heterocycles. The summed E-state index contributed by atoms with van der Waals surface area (Å²) in [6, 6.07) is 5.76. The lowest BCUT2D eigenvalue weighted by Crippen LogP contribution is -2.38. The minimum absolute atomic E-state index is 0.160. The highest BCUT2D eigenvalue weighted by atomic mass is 79.9. The van der Waals surface area contributed by atoms with Crippen molar-refractivity contribution in [2.45, 2.75) is 38.2 Å². The second kappa shape index (κ2) is 6.25. The molecule has 0 aliphatic heterocycles. The van der Waals surface area contributed by atoms with Crippen molar-refractivity contribution in [3.05, 3.63) is 28.2 Å². The maximum atomic E-state index is 10.7. The van der Waals surface area contributed by atoms with Crippen molar-refractivity contribution < 1.29 is 9.84 Å². The number of rotatable bonds is 4. The van der Waals surface area contributed by atoms with Gasteiger partial charge in [0.15, 0.2) is 0 Å². The molecule has 1 atom stereocenters. The molecule has 106 valence electrons. The van der Waals surface area contributed by atoms with Crippen molar-refractivity contribution >= 4 is 15.9 Å². The first-order chi connectivity index (χ1) is 9.13. The van der Waals surface area contributed by atoms with Crippen LogP contribution in [-0.2, 0) is 0 Å². The van der Waals surface area contributed by atoms with Gasteiger partial charge in [-0.25, -0.2) is 0 Å². The van der Waals surface area contributed by atoms with Crippen LogP contribution in [0.3, 0.4) is 0 Å². The number of hydrogen-bond acceptors (Lipinski definition) is 3. The highest BCUT2D eigenvalue weighted by Gasteiger charge is 2.38. The third kappa shape index (κ3) is 2.96. The van der Waals surface area contributed by atoms with Crippen molar-refractivity contribution in [2.75, 3.05) is 13.7 Å². The van der Waals surface area contributed by atoms with Crippen LogP contribution in [0.25, 0.3) is 0 Å². The summed E-state index contributed by atoms with van der Waals surface area (Å²) in [5.74, 6) is 0.779. The molecular formula is C15H22BrNO2. The Morgan fingerprint density at radius 3 is 2.58 bits per heavy atom. The number of nitrogens with two attached hydrogens (primary N) is 1. The lowest BCUT2D eigenvalue weighted by atomic mass is 9.68. The second-order valence-electron chi connectivity index (χ2n) is 5.42. The Balaban J connectivity index is 2.26. The van der Waals surface area contributed by atoms with Gasteiger partial charge < -0.3 is 15.6 Å². The van der Waals surface area contributed by atoms with Crippen molar-refractivity contribution in [2.24, 2.45) is 11.1 Å². The summed E-state index contributed by atoms with van der Waals surface area (Å²) in [5, 5.41) is 10.7. The van der Waals surface area contributed by atoms with Crippen LogP contribution in [0.2, 0.25) is 0 Å². The van der Waals surface area contributed by atoms with Crippen LogP contribution in [0.1, 0.15) is 43.8 Å². The Morgan fingerprint density at radius 2 is 2.05 bits per heavy atom. The normalized spacial score (nSPS) is 20.0. The van der Waals surface area contributed by atoms with Crippen LogP contribution in [-0.4, -0.2) is 18.8 Å². The summed E-state index contributed by atoms with van der Waals surface area (Å²) in [4.78, 5) is 0. The highest BCUT2D eigenvalue weighted by Crippen LogP contribution is 2.46. The van der Waals surface area contributed by atoms with Gasteiger partial charge in [-0.15, -0.1) is 0 Å². The molecule has 0 bridgehead atoms. The van der Waals surface area contributed by atoms with Gasteiger partial charge in [0.25, 0.3) is 0 Å².